The van der Waals surface area contributed by atoms with Gasteiger partial charge in [0.25, 0.3) is 0 Å². The van der Waals surface area contributed by atoms with Gasteiger partial charge in [0.05, 0.1) is 24.8 Å². The first-order valence-electron chi connectivity index (χ1n) is 9.47. The Morgan fingerprint density at radius 3 is 2.14 bits per heavy atom. The molecule has 0 aromatic heterocycles. The number of phenolic OH excluding ortho intramolecular Hbond substituents is 1. The second-order valence-corrected chi connectivity index (χ2v) is 8.97. The lowest BCUT2D eigenvalue weighted by atomic mass is 10.0. The summed E-state index contributed by atoms with van der Waals surface area (Å²) in [7, 11) is 1.58. The Morgan fingerprint density at radius 1 is 0.897 bits per heavy atom. The SMILES string of the molecule is COc1cc(CN2CCN(Cc3cc(Br)cc(Br)c3O)CC2)cc(CO)c1CO. The maximum atomic E-state index is 10.3. The fourth-order valence-electron chi connectivity index (χ4n) is 3.70. The average Bonchev–Trinajstić information content (AvgIpc) is 2.72. The van der Waals surface area contributed by atoms with Crippen LogP contribution in [0.4, 0.5) is 0 Å². The van der Waals surface area contributed by atoms with E-state index >= 15 is 0 Å². The van der Waals surface area contributed by atoms with Crippen molar-refractivity contribution in [2.75, 3.05) is 33.3 Å². The van der Waals surface area contributed by atoms with E-state index < -0.39 is 0 Å². The summed E-state index contributed by atoms with van der Waals surface area (Å²) in [5.41, 5.74) is 3.31. The monoisotopic (exact) mass is 528 g/mol. The van der Waals surface area contributed by atoms with E-state index in [1.807, 2.05) is 24.3 Å². The Balaban J connectivity index is 1.62. The molecule has 29 heavy (non-hydrogen) atoms. The summed E-state index contributed by atoms with van der Waals surface area (Å²) < 4.78 is 7.03. The molecule has 6 nitrogen and oxygen atoms in total. The van der Waals surface area contributed by atoms with Crippen molar-refractivity contribution in [3.05, 3.63) is 55.5 Å². The number of piperazine rings is 1. The van der Waals surface area contributed by atoms with Gasteiger partial charge in [0.2, 0.25) is 0 Å². The van der Waals surface area contributed by atoms with Crippen LogP contribution in [0.3, 0.4) is 0 Å². The molecule has 8 heteroatoms. The van der Waals surface area contributed by atoms with Crippen LogP contribution >= 0.6 is 31.9 Å². The summed E-state index contributed by atoms with van der Waals surface area (Å²) in [6, 6.07) is 7.68. The van der Waals surface area contributed by atoms with Crippen molar-refractivity contribution in [1.82, 2.24) is 9.80 Å². The second kappa shape index (κ2) is 10.2. The molecule has 1 saturated heterocycles. The molecule has 1 fully saturated rings. The number of hydrogen-bond acceptors (Lipinski definition) is 6. The van der Waals surface area contributed by atoms with Gasteiger partial charge in [-0.1, -0.05) is 22.0 Å². The Bertz CT molecular complexity index is 830. The molecule has 3 N–H and O–H groups in total. The van der Waals surface area contributed by atoms with Crippen LogP contribution in [0.15, 0.2) is 33.2 Å². The average molecular weight is 530 g/mol. The maximum Gasteiger partial charge on any atom is 0.134 e. The number of aliphatic hydroxyl groups excluding tert-OH is 2. The Hall–Kier alpha value is -1.16. The molecule has 2 aromatic carbocycles. The first-order chi connectivity index (χ1) is 13.9. The lowest BCUT2D eigenvalue weighted by Crippen LogP contribution is -2.45. The summed E-state index contributed by atoms with van der Waals surface area (Å²) in [6.45, 7) is 4.81. The highest BCUT2D eigenvalue weighted by Gasteiger charge is 2.20. The summed E-state index contributed by atoms with van der Waals surface area (Å²) in [5.74, 6) is 0.909. The van der Waals surface area contributed by atoms with E-state index in [1.165, 1.54) is 0 Å². The van der Waals surface area contributed by atoms with E-state index in [0.29, 0.717) is 33.6 Å². The zero-order chi connectivity index (χ0) is 21.0. The third kappa shape index (κ3) is 5.51. The topological polar surface area (TPSA) is 76.4 Å². The molecule has 1 aliphatic heterocycles. The van der Waals surface area contributed by atoms with Crippen LogP contribution in [-0.2, 0) is 26.3 Å². The first-order valence-corrected chi connectivity index (χ1v) is 11.1. The van der Waals surface area contributed by atoms with Crippen LogP contribution in [0.5, 0.6) is 11.5 Å². The van der Waals surface area contributed by atoms with Gasteiger partial charge in [-0.15, -0.1) is 0 Å². The Labute approximate surface area is 188 Å². The first kappa shape index (κ1) is 22.5. The smallest absolute Gasteiger partial charge is 0.134 e. The highest BCUT2D eigenvalue weighted by atomic mass is 79.9. The molecule has 0 saturated carbocycles. The Kier molecular flexibility index (Phi) is 7.95. The number of nitrogens with zero attached hydrogens (tertiary/aromatic N) is 2. The van der Waals surface area contributed by atoms with Crippen molar-refractivity contribution in [1.29, 1.82) is 0 Å². The van der Waals surface area contributed by atoms with E-state index in [1.54, 1.807) is 7.11 Å². The summed E-state index contributed by atoms with van der Waals surface area (Å²) in [4.78, 5) is 4.70. The van der Waals surface area contributed by atoms with E-state index in [2.05, 4.69) is 41.7 Å². The van der Waals surface area contributed by atoms with Crippen LogP contribution < -0.4 is 4.74 Å². The van der Waals surface area contributed by atoms with E-state index in [-0.39, 0.29) is 13.2 Å². The molecule has 0 aliphatic carbocycles. The van der Waals surface area contributed by atoms with Gasteiger partial charge in [0.15, 0.2) is 0 Å². The zero-order valence-corrected chi connectivity index (χ0v) is 19.5. The number of aliphatic hydroxyl groups is 2. The van der Waals surface area contributed by atoms with Crippen molar-refractivity contribution in [3.8, 4) is 11.5 Å². The molecule has 3 rings (SSSR count). The summed E-state index contributed by atoms with van der Waals surface area (Å²) in [6.07, 6.45) is 0. The molecule has 158 valence electrons. The van der Waals surface area contributed by atoms with Gasteiger partial charge in [-0.2, -0.15) is 0 Å². The van der Waals surface area contributed by atoms with Gasteiger partial charge in [0.1, 0.15) is 11.5 Å². The second-order valence-electron chi connectivity index (χ2n) is 7.20. The van der Waals surface area contributed by atoms with Gasteiger partial charge in [-0.25, -0.2) is 0 Å². The largest absolute Gasteiger partial charge is 0.506 e. The molecule has 0 amide bonds. The molecular weight excluding hydrogens is 504 g/mol. The summed E-state index contributed by atoms with van der Waals surface area (Å²) >= 11 is 6.87. The highest BCUT2D eigenvalue weighted by Crippen LogP contribution is 2.32. The predicted molar refractivity (Wildman–Crippen MR) is 119 cm³/mol. The summed E-state index contributed by atoms with van der Waals surface area (Å²) in [5, 5.41) is 29.5. The van der Waals surface area contributed by atoms with Crippen molar-refractivity contribution >= 4 is 31.9 Å². The van der Waals surface area contributed by atoms with E-state index in [0.717, 1.165) is 48.3 Å². The number of benzene rings is 2. The minimum absolute atomic E-state index is 0.125. The molecular formula is C21H26Br2N2O4. The normalized spacial score (nSPS) is 15.6. The third-order valence-electron chi connectivity index (χ3n) is 5.28. The standard InChI is InChI=1S/C21H26Br2N2O4/c1-29-20-7-14(6-16(12-26)18(20)13-27)10-24-2-4-25(5-3-24)11-15-8-17(22)9-19(23)21(15)28/h6-9,26-28H,2-5,10-13H2,1H3. The lowest BCUT2D eigenvalue weighted by molar-refractivity contribution is 0.121. The van der Waals surface area contributed by atoms with Gasteiger partial charge in [-0.05, 0) is 45.3 Å². The quantitative estimate of drug-likeness (QED) is 0.511. The number of methoxy groups -OCH3 is 1. The van der Waals surface area contributed by atoms with Crippen molar-refractivity contribution < 1.29 is 20.1 Å². The number of hydrogen-bond donors (Lipinski definition) is 3. The van der Waals surface area contributed by atoms with Crippen molar-refractivity contribution in [2.24, 2.45) is 0 Å². The number of rotatable bonds is 7. The highest BCUT2D eigenvalue weighted by molar-refractivity contribution is 9.11. The molecule has 1 heterocycles. The molecule has 0 unspecified atom stereocenters. The van der Waals surface area contributed by atoms with Crippen LogP contribution in [0.1, 0.15) is 22.3 Å². The predicted octanol–water partition coefficient (Wildman–Crippen LogP) is 3.23. The van der Waals surface area contributed by atoms with Crippen molar-refractivity contribution in [2.45, 2.75) is 26.3 Å². The number of halogens is 2. The lowest BCUT2D eigenvalue weighted by Gasteiger charge is -2.35. The number of phenols is 1. The van der Waals surface area contributed by atoms with Gasteiger partial charge in [-0.3, -0.25) is 9.80 Å². The Morgan fingerprint density at radius 2 is 1.55 bits per heavy atom. The van der Waals surface area contributed by atoms with Crippen LogP contribution in [0.2, 0.25) is 0 Å². The van der Waals surface area contributed by atoms with Gasteiger partial charge < -0.3 is 20.1 Å². The third-order valence-corrected chi connectivity index (χ3v) is 6.34. The number of aromatic hydroxyl groups is 1. The van der Waals surface area contributed by atoms with Crippen molar-refractivity contribution in [3.63, 3.8) is 0 Å². The maximum absolute atomic E-state index is 10.3. The number of ether oxygens (including phenoxy) is 1. The molecule has 0 spiro atoms. The molecule has 0 atom stereocenters. The van der Waals surface area contributed by atoms with Crippen LogP contribution in [-0.4, -0.2) is 58.4 Å². The molecule has 0 radical (unpaired) electrons. The van der Waals surface area contributed by atoms with Crippen LogP contribution in [0, 0.1) is 0 Å². The minimum Gasteiger partial charge on any atom is -0.506 e. The minimum atomic E-state index is -0.156. The zero-order valence-electron chi connectivity index (χ0n) is 16.4. The van der Waals surface area contributed by atoms with E-state index in [4.69, 9.17) is 4.74 Å². The molecule has 0 bridgehead atoms. The van der Waals surface area contributed by atoms with E-state index in [9.17, 15) is 15.3 Å². The van der Waals surface area contributed by atoms with Gasteiger partial charge in [0, 0.05) is 54.9 Å². The van der Waals surface area contributed by atoms with Gasteiger partial charge >= 0.3 is 0 Å². The fraction of sp³-hybridized carbons (Fsp3) is 0.429. The van der Waals surface area contributed by atoms with Crippen LogP contribution in [0.25, 0.3) is 0 Å². The fourth-order valence-corrected chi connectivity index (χ4v) is 5.02. The molecule has 1 aliphatic rings. The molecule has 2 aromatic rings.